The van der Waals surface area contributed by atoms with E-state index in [0.717, 1.165) is 30.0 Å². The molecule has 1 aliphatic rings. The third-order valence-corrected chi connectivity index (χ3v) is 7.00. The fourth-order valence-corrected chi connectivity index (χ4v) is 5.32. The van der Waals surface area contributed by atoms with Crippen molar-refractivity contribution in [3.63, 3.8) is 0 Å². The fourth-order valence-electron chi connectivity index (χ4n) is 4.78. The minimum Gasteiger partial charge on any atom is -0.357 e. The van der Waals surface area contributed by atoms with Crippen molar-refractivity contribution in [1.82, 2.24) is 10.3 Å². The van der Waals surface area contributed by atoms with Crippen LogP contribution < -0.4 is 5.32 Å². The molecule has 2 nitrogen and oxygen atoms in total. The average molecular weight is 435 g/mol. The second-order valence-corrected chi connectivity index (χ2v) is 9.22. The van der Waals surface area contributed by atoms with Crippen molar-refractivity contribution in [3.05, 3.63) is 105 Å². The van der Waals surface area contributed by atoms with E-state index in [2.05, 4.69) is 77.9 Å². The number of aryl methyl sites for hydroxylation is 1. The lowest BCUT2D eigenvalue weighted by Gasteiger charge is -2.39. The van der Waals surface area contributed by atoms with Gasteiger partial charge in [-0.25, -0.2) is 0 Å². The first-order valence-corrected chi connectivity index (χ1v) is 11.2. The van der Waals surface area contributed by atoms with Gasteiger partial charge in [-0.05, 0) is 54.7 Å². The molecule has 2 heterocycles. The number of H-pyrrole nitrogens is 1. The van der Waals surface area contributed by atoms with Gasteiger partial charge in [0, 0.05) is 39.1 Å². The SMILES string of the molecule is C[C@]1(CCc2ccccc2)NC[C@@H](c2ccc(Cl)cc2Cl)c2c1[nH]c1ccccc21. The zero-order chi connectivity index (χ0) is 20.7. The molecular weight excluding hydrogens is 411 g/mol. The normalized spacial score (nSPS) is 21.0. The molecule has 1 aromatic heterocycles. The fraction of sp³-hybridized carbons (Fsp3) is 0.231. The first-order chi connectivity index (χ1) is 14.5. The highest BCUT2D eigenvalue weighted by atomic mass is 35.5. The number of aromatic nitrogens is 1. The van der Waals surface area contributed by atoms with Crippen LogP contribution in [-0.2, 0) is 12.0 Å². The quantitative estimate of drug-likeness (QED) is 0.353. The molecule has 0 bridgehead atoms. The highest BCUT2D eigenvalue weighted by molar-refractivity contribution is 6.35. The number of halogens is 2. The summed E-state index contributed by atoms with van der Waals surface area (Å²) in [6, 6.07) is 25.1. The van der Waals surface area contributed by atoms with Crippen LogP contribution in [0.5, 0.6) is 0 Å². The summed E-state index contributed by atoms with van der Waals surface area (Å²) in [5.41, 5.74) is 6.13. The maximum atomic E-state index is 6.64. The first kappa shape index (κ1) is 19.7. The molecular formula is C26H24Cl2N2. The van der Waals surface area contributed by atoms with Crippen LogP contribution in [0.2, 0.25) is 10.0 Å². The average Bonchev–Trinajstić information content (AvgIpc) is 3.15. The highest BCUT2D eigenvalue weighted by Gasteiger charge is 2.39. The van der Waals surface area contributed by atoms with E-state index < -0.39 is 0 Å². The molecule has 0 fully saturated rings. The molecule has 0 saturated heterocycles. The summed E-state index contributed by atoms with van der Waals surface area (Å²) in [5.74, 6) is 0.172. The number of benzene rings is 3. The number of hydrogen-bond donors (Lipinski definition) is 2. The maximum absolute atomic E-state index is 6.64. The van der Waals surface area contributed by atoms with Crippen LogP contribution in [0.3, 0.4) is 0 Å². The molecule has 5 rings (SSSR count). The minimum atomic E-state index is -0.139. The second kappa shape index (κ2) is 7.77. The number of rotatable bonds is 4. The molecule has 0 spiro atoms. The van der Waals surface area contributed by atoms with E-state index in [9.17, 15) is 0 Å². The van der Waals surface area contributed by atoms with Crippen molar-refractivity contribution < 1.29 is 0 Å². The van der Waals surface area contributed by atoms with E-state index in [4.69, 9.17) is 23.2 Å². The summed E-state index contributed by atoms with van der Waals surface area (Å²) in [6.45, 7) is 3.14. The Bertz CT molecular complexity index is 1200. The van der Waals surface area contributed by atoms with Gasteiger partial charge >= 0.3 is 0 Å². The van der Waals surface area contributed by atoms with Gasteiger partial charge in [0.25, 0.3) is 0 Å². The third-order valence-electron chi connectivity index (χ3n) is 6.44. The number of hydrogen-bond acceptors (Lipinski definition) is 1. The number of para-hydroxylation sites is 1. The van der Waals surface area contributed by atoms with Crippen molar-refractivity contribution in [3.8, 4) is 0 Å². The molecule has 0 unspecified atom stereocenters. The molecule has 1 aliphatic heterocycles. The van der Waals surface area contributed by atoms with E-state index in [-0.39, 0.29) is 11.5 Å². The van der Waals surface area contributed by atoms with Gasteiger partial charge in [0.1, 0.15) is 0 Å². The zero-order valence-corrected chi connectivity index (χ0v) is 18.4. The molecule has 3 aromatic carbocycles. The Labute approximate surface area is 187 Å². The summed E-state index contributed by atoms with van der Waals surface area (Å²) < 4.78 is 0. The molecule has 30 heavy (non-hydrogen) atoms. The van der Waals surface area contributed by atoms with Crippen LogP contribution in [0.25, 0.3) is 10.9 Å². The Morgan fingerprint density at radius 3 is 2.53 bits per heavy atom. The van der Waals surface area contributed by atoms with Crippen LogP contribution in [0, 0.1) is 0 Å². The molecule has 2 N–H and O–H groups in total. The van der Waals surface area contributed by atoms with E-state index in [1.54, 1.807) is 0 Å². The van der Waals surface area contributed by atoms with E-state index in [1.807, 2.05) is 12.1 Å². The summed E-state index contributed by atoms with van der Waals surface area (Å²) in [6.07, 6.45) is 2.03. The Kier molecular flexibility index (Phi) is 5.10. The lowest BCUT2D eigenvalue weighted by atomic mass is 9.77. The summed E-state index contributed by atoms with van der Waals surface area (Å²) in [4.78, 5) is 3.74. The number of aromatic amines is 1. The number of nitrogens with one attached hydrogen (secondary N) is 2. The first-order valence-electron chi connectivity index (χ1n) is 10.4. The standard InChI is InChI=1S/C26H24Cl2N2/c1-26(14-13-17-7-3-2-4-8-17)25-24(20-9-5-6-10-23(20)30-25)21(16-29-26)19-12-11-18(27)15-22(19)28/h2-12,15,21,29-30H,13-14,16H2,1H3/t21-,26+/m0/s1. The molecule has 0 saturated carbocycles. The van der Waals surface area contributed by atoms with Crippen LogP contribution in [0.15, 0.2) is 72.8 Å². The van der Waals surface area contributed by atoms with Crippen molar-refractivity contribution in [2.24, 2.45) is 0 Å². The van der Waals surface area contributed by atoms with Gasteiger partial charge in [-0.15, -0.1) is 0 Å². The van der Waals surface area contributed by atoms with Crippen LogP contribution in [-0.4, -0.2) is 11.5 Å². The number of fused-ring (bicyclic) bond motifs is 3. The summed E-state index contributed by atoms with van der Waals surface area (Å²) in [5, 5.41) is 6.51. The topological polar surface area (TPSA) is 27.8 Å². The van der Waals surface area contributed by atoms with Crippen LogP contribution in [0.4, 0.5) is 0 Å². The van der Waals surface area contributed by atoms with Gasteiger partial charge in [0.2, 0.25) is 0 Å². The molecule has 4 aromatic rings. The molecule has 2 atom stereocenters. The maximum Gasteiger partial charge on any atom is 0.0564 e. The predicted octanol–water partition coefficient (Wildman–Crippen LogP) is 7.06. The summed E-state index contributed by atoms with van der Waals surface area (Å²) >= 11 is 12.8. The Balaban J connectivity index is 1.60. The van der Waals surface area contributed by atoms with E-state index in [0.29, 0.717) is 5.02 Å². The smallest absolute Gasteiger partial charge is 0.0564 e. The largest absolute Gasteiger partial charge is 0.357 e. The highest BCUT2D eigenvalue weighted by Crippen LogP contribution is 2.45. The van der Waals surface area contributed by atoms with Gasteiger partial charge in [0.05, 0.1) is 5.54 Å². The monoisotopic (exact) mass is 434 g/mol. The molecule has 4 heteroatoms. The van der Waals surface area contributed by atoms with Crippen molar-refractivity contribution in [1.29, 1.82) is 0 Å². The molecule has 0 aliphatic carbocycles. The van der Waals surface area contributed by atoms with Gasteiger partial charge in [-0.2, -0.15) is 0 Å². The summed E-state index contributed by atoms with van der Waals surface area (Å²) in [7, 11) is 0. The molecule has 152 valence electrons. The van der Waals surface area contributed by atoms with Gasteiger partial charge in [-0.1, -0.05) is 77.8 Å². The Morgan fingerprint density at radius 2 is 1.73 bits per heavy atom. The minimum absolute atomic E-state index is 0.139. The van der Waals surface area contributed by atoms with Gasteiger partial charge < -0.3 is 10.3 Å². The molecule has 0 radical (unpaired) electrons. The van der Waals surface area contributed by atoms with Crippen LogP contribution in [0.1, 0.15) is 41.6 Å². The Morgan fingerprint density at radius 1 is 0.967 bits per heavy atom. The van der Waals surface area contributed by atoms with Gasteiger partial charge in [0.15, 0.2) is 0 Å². The van der Waals surface area contributed by atoms with E-state index >= 15 is 0 Å². The third kappa shape index (κ3) is 3.43. The van der Waals surface area contributed by atoms with Crippen molar-refractivity contribution in [2.45, 2.75) is 31.2 Å². The Hall–Kier alpha value is -2.26. The van der Waals surface area contributed by atoms with Crippen molar-refractivity contribution in [2.75, 3.05) is 6.54 Å². The van der Waals surface area contributed by atoms with Gasteiger partial charge in [-0.3, -0.25) is 0 Å². The zero-order valence-electron chi connectivity index (χ0n) is 16.9. The van der Waals surface area contributed by atoms with Crippen LogP contribution >= 0.6 is 23.2 Å². The second-order valence-electron chi connectivity index (χ2n) is 8.38. The molecule has 0 amide bonds. The van der Waals surface area contributed by atoms with E-state index in [1.165, 1.54) is 27.7 Å². The van der Waals surface area contributed by atoms with Crippen molar-refractivity contribution >= 4 is 34.1 Å². The lowest BCUT2D eigenvalue weighted by molar-refractivity contribution is 0.306. The predicted molar refractivity (Wildman–Crippen MR) is 127 cm³/mol. The lowest BCUT2D eigenvalue weighted by Crippen LogP contribution is -2.47.